The van der Waals surface area contributed by atoms with Crippen LogP contribution in [0, 0.1) is 0 Å². The second-order valence-electron chi connectivity index (χ2n) is 9.03. The van der Waals surface area contributed by atoms with Crippen LogP contribution in [-0.4, -0.2) is 44.3 Å². The van der Waals surface area contributed by atoms with Crippen LogP contribution in [0.1, 0.15) is 41.4 Å². The van der Waals surface area contributed by atoms with Crippen molar-refractivity contribution in [2.24, 2.45) is 0 Å². The molecule has 0 atom stereocenters. The second kappa shape index (κ2) is 11.1. The van der Waals surface area contributed by atoms with Gasteiger partial charge in [-0.1, -0.05) is 0 Å². The molecule has 0 bridgehead atoms. The van der Waals surface area contributed by atoms with E-state index in [-0.39, 0.29) is 22.3 Å². The number of aromatic nitrogens is 4. The molecule has 12 heteroatoms. The lowest BCUT2D eigenvalue weighted by Gasteiger charge is -2.06. The zero-order valence-electron chi connectivity index (χ0n) is 21.6. The molecule has 0 fully saturated rings. The first-order chi connectivity index (χ1) is 20.1. The van der Waals surface area contributed by atoms with Crippen LogP contribution in [0.4, 0.5) is 0 Å². The van der Waals surface area contributed by atoms with Gasteiger partial charge < -0.3 is 20.4 Å². The van der Waals surface area contributed by atoms with Gasteiger partial charge in [-0.05, 0) is 0 Å². The van der Waals surface area contributed by atoms with Gasteiger partial charge in [0.15, 0.2) is 49.6 Å². The molecule has 5 aromatic rings. The summed E-state index contributed by atoms with van der Waals surface area (Å²) >= 11 is 0. The summed E-state index contributed by atoms with van der Waals surface area (Å²) in [5, 5.41) is 37.5. The molecule has 12 nitrogen and oxygen atoms in total. The number of carbonyl (C=O) groups is 4. The fourth-order valence-electron chi connectivity index (χ4n) is 4.30. The number of rotatable bonds is 8. The molecule has 0 aliphatic heterocycles. The molecule has 0 unspecified atom stereocenters. The van der Waals surface area contributed by atoms with E-state index < -0.39 is 23.9 Å². The van der Waals surface area contributed by atoms with Crippen molar-refractivity contribution in [1.82, 2.24) is 0 Å². The Bertz CT molecular complexity index is 1580. The molecule has 0 amide bonds. The van der Waals surface area contributed by atoms with Crippen LogP contribution in [0.5, 0.6) is 0 Å². The quantitative estimate of drug-likeness (QED) is 0.206. The molecule has 0 aliphatic carbocycles. The van der Waals surface area contributed by atoms with Gasteiger partial charge in [-0.25, -0.2) is 19.2 Å². The van der Waals surface area contributed by atoms with Gasteiger partial charge in [0.1, 0.15) is 0 Å². The lowest BCUT2D eigenvalue weighted by atomic mass is 10.1. The lowest BCUT2D eigenvalue weighted by molar-refractivity contribution is -0.644. The summed E-state index contributed by atoms with van der Waals surface area (Å²) in [6, 6.07) is 15.1. The number of hydrogen-bond acceptors (Lipinski definition) is 4. The number of hydrogen-bond donors (Lipinski definition) is 4. The summed E-state index contributed by atoms with van der Waals surface area (Å²) in [7, 11) is 0. The van der Waals surface area contributed by atoms with Gasteiger partial charge in [0.05, 0.1) is 34.4 Å². The highest BCUT2D eigenvalue weighted by Crippen LogP contribution is 2.19. The molecule has 4 N–H and O–H groups in total. The average molecular weight is 567 g/mol. The average Bonchev–Trinajstić information content (AvgIpc) is 3.00. The first-order valence-electron chi connectivity index (χ1n) is 12.3. The summed E-state index contributed by atoms with van der Waals surface area (Å²) in [6.07, 6.45) is 12.6. The Labute approximate surface area is 237 Å². The van der Waals surface area contributed by atoms with Crippen LogP contribution in [-0.2, 0) is 0 Å². The Morgan fingerprint density at radius 3 is 0.667 bits per heavy atom. The Morgan fingerprint density at radius 1 is 0.357 bits per heavy atom. The fourth-order valence-corrected chi connectivity index (χ4v) is 4.30. The fraction of sp³-hybridized carbons (Fsp3) is 0. The van der Waals surface area contributed by atoms with Gasteiger partial charge in [0.25, 0.3) is 22.7 Å². The van der Waals surface area contributed by atoms with E-state index in [9.17, 15) is 39.6 Å². The summed E-state index contributed by atoms with van der Waals surface area (Å²) < 4.78 is 6.77. The van der Waals surface area contributed by atoms with E-state index in [0.717, 1.165) is 0 Å². The summed E-state index contributed by atoms with van der Waals surface area (Å²) in [6.45, 7) is 0. The van der Waals surface area contributed by atoms with E-state index in [0.29, 0.717) is 22.7 Å². The van der Waals surface area contributed by atoms with Gasteiger partial charge in [-0.2, -0.15) is 18.3 Å². The summed E-state index contributed by atoms with van der Waals surface area (Å²) in [5.41, 5.74) is 2.58. The van der Waals surface area contributed by atoms with E-state index in [2.05, 4.69) is 0 Å². The van der Waals surface area contributed by atoms with Crippen LogP contribution in [0.15, 0.2) is 110 Å². The van der Waals surface area contributed by atoms with E-state index >= 15 is 0 Å². The maximum Gasteiger partial charge on any atom is 0.336 e. The highest BCUT2D eigenvalue weighted by atomic mass is 16.4. The number of aromatic carboxylic acids is 4. The molecule has 4 aromatic heterocycles. The van der Waals surface area contributed by atoms with Gasteiger partial charge in [-0.3, -0.25) is 0 Å². The highest BCUT2D eigenvalue weighted by molar-refractivity contribution is 5.88. The van der Waals surface area contributed by atoms with E-state index in [4.69, 9.17) is 0 Å². The minimum atomic E-state index is -1.09. The van der Waals surface area contributed by atoms with Crippen LogP contribution >= 0.6 is 0 Å². The Balaban J connectivity index is 1.80. The maximum absolute atomic E-state index is 11.5. The third kappa shape index (κ3) is 5.40. The van der Waals surface area contributed by atoms with E-state index in [1.165, 1.54) is 48.5 Å². The number of benzene rings is 1. The first-order valence-corrected chi connectivity index (χ1v) is 12.3. The lowest BCUT2D eigenvalue weighted by Crippen LogP contribution is -2.44. The van der Waals surface area contributed by atoms with Crippen molar-refractivity contribution < 1.29 is 57.9 Å². The number of nitrogens with zero attached hydrogens (tertiary/aromatic N) is 4. The zero-order chi connectivity index (χ0) is 30.0. The molecule has 0 radical (unpaired) electrons. The predicted octanol–water partition coefficient (Wildman–Crippen LogP) is 1.59. The van der Waals surface area contributed by atoms with Crippen LogP contribution in [0.2, 0.25) is 0 Å². The van der Waals surface area contributed by atoms with Crippen molar-refractivity contribution in [2.45, 2.75) is 0 Å². The minimum absolute atomic E-state index is 0.0795. The van der Waals surface area contributed by atoms with Crippen molar-refractivity contribution in [1.29, 1.82) is 0 Å². The molecule has 0 saturated carbocycles. The minimum Gasteiger partial charge on any atom is -0.478 e. The molecule has 42 heavy (non-hydrogen) atoms. The van der Waals surface area contributed by atoms with Crippen molar-refractivity contribution in [2.75, 3.05) is 0 Å². The topological polar surface area (TPSA) is 165 Å². The third-order valence-electron chi connectivity index (χ3n) is 6.49. The van der Waals surface area contributed by atoms with Crippen molar-refractivity contribution in [3.8, 4) is 22.7 Å². The van der Waals surface area contributed by atoms with Gasteiger partial charge in [-0.15, -0.1) is 0 Å². The summed E-state index contributed by atoms with van der Waals surface area (Å²) in [4.78, 5) is 45.8. The number of carboxylic acid groups (broad SMARTS) is 4. The Hall–Kier alpha value is -6.30. The predicted molar refractivity (Wildman–Crippen MR) is 140 cm³/mol. The zero-order valence-corrected chi connectivity index (χ0v) is 21.6. The molecule has 5 rings (SSSR count). The van der Waals surface area contributed by atoms with Gasteiger partial charge >= 0.3 is 23.9 Å². The van der Waals surface area contributed by atoms with E-state index in [1.54, 1.807) is 80.0 Å². The molecule has 0 saturated heterocycles. The van der Waals surface area contributed by atoms with Crippen molar-refractivity contribution >= 4 is 23.9 Å². The van der Waals surface area contributed by atoms with Gasteiger partial charge in [0.2, 0.25) is 0 Å². The molecule has 0 aliphatic rings. The molecular formula is C30H22N4O8+4. The number of pyridine rings is 4. The molecule has 206 valence electrons. The molecule has 1 aromatic carbocycles. The first kappa shape index (κ1) is 27.3. The Morgan fingerprint density at radius 2 is 0.524 bits per heavy atom. The van der Waals surface area contributed by atoms with Crippen LogP contribution in [0.25, 0.3) is 22.7 Å². The van der Waals surface area contributed by atoms with Crippen molar-refractivity contribution in [3.63, 3.8) is 0 Å². The Kier molecular flexibility index (Phi) is 7.18. The standard InChI is InChI=1S/C30H18N4O8/c35-27(36)19-1-9-31(10-2-19)23-17-25(33-13-5-21(6-14-33)29(39)40)26(34-15-7-22(8-16-34)30(41)42)18-24(23)32-11-3-20(4-12-32)28(37)38/h1-18H/p+4. The van der Waals surface area contributed by atoms with Gasteiger partial charge in [0, 0.05) is 48.5 Å². The molecular weight excluding hydrogens is 544 g/mol. The van der Waals surface area contributed by atoms with Crippen molar-refractivity contribution in [3.05, 3.63) is 132 Å². The SMILES string of the molecule is O=C(O)c1cc[n+](-c2cc(-[n+]3ccc(C(=O)O)cc3)c(-[n+]3ccc(C(=O)O)cc3)cc2-[n+]2ccc(C(=O)O)cc2)cc1. The highest BCUT2D eigenvalue weighted by Gasteiger charge is 2.33. The molecule has 0 spiro atoms. The number of carboxylic acids is 4. The smallest absolute Gasteiger partial charge is 0.336 e. The molecule has 4 heterocycles. The monoisotopic (exact) mass is 566 g/mol. The summed E-state index contributed by atoms with van der Waals surface area (Å²) in [5.74, 6) is -4.36. The second-order valence-corrected chi connectivity index (χ2v) is 9.03. The largest absolute Gasteiger partial charge is 0.478 e. The van der Waals surface area contributed by atoms with Crippen LogP contribution in [0.3, 0.4) is 0 Å². The normalized spacial score (nSPS) is 10.7. The third-order valence-corrected chi connectivity index (χ3v) is 6.49. The maximum atomic E-state index is 11.5. The van der Waals surface area contributed by atoms with Crippen LogP contribution < -0.4 is 18.3 Å². The van der Waals surface area contributed by atoms with E-state index in [1.807, 2.05) is 0 Å².